The molecule has 0 fully saturated rings. The summed E-state index contributed by atoms with van der Waals surface area (Å²) in [6, 6.07) is 26.3. The molecule has 1 N–H and O–H groups in total. The first-order valence-corrected chi connectivity index (χ1v) is 11.4. The number of anilines is 1. The summed E-state index contributed by atoms with van der Waals surface area (Å²) in [5.41, 5.74) is 3.90. The highest BCUT2D eigenvalue weighted by Gasteiger charge is 2.17. The lowest BCUT2D eigenvalue weighted by Crippen LogP contribution is -2.10. The van der Waals surface area contributed by atoms with Crippen molar-refractivity contribution in [3.63, 3.8) is 0 Å². The molecule has 0 amide bonds. The summed E-state index contributed by atoms with van der Waals surface area (Å²) < 4.78 is 7.70. The molecule has 0 aliphatic heterocycles. The molecule has 0 saturated carbocycles. The number of hydrogen-bond donors (Lipinski definition) is 1. The SMILES string of the molecule is COc1cccc2c(NCc3ccccc3)nc(-n3c(CCC(C)=O)cc4ccccc43)nc12. The topological polar surface area (TPSA) is 69.0 Å². The van der Waals surface area contributed by atoms with Crippen LogP contribution in [-0.2, 0) is 17.8 Å². The van der Waals surface area contributed by atoms with Gasteiger partial charge in [0.1, 0.15) is 22.9 Å². The molecule has 0 aliphatic carbocycles. The predicted molar refractivity (Wildman–Crippen MR) is 136 cm³/mol. The minimum absolute atomic E-state index is 0.156. The quantitative estimate of drug-likeness (QED) is 0.328. The molecule has 2 aromatic heterocycles. The molecule has 0 unspecified atom stereocenters. The van der Waals surface area contributed by atoms with Gasteiger partial charge < -0.3 is 14.8 Å². The summed E-state index contributed by atoms with van der Waals surface area (Å²) in [7, 11) is 1.65. The number of Topliss-reactive ketones (excluding diaryl/α,β-unsaturated/α-hetero) is 1. The summed E-state index contributed by atoms with van der Waals surface area (Å²) in [6.07, 6.45) is 1.08. The van der Waals surface area contributed by atoms with Crippen LogP contribution in [0.4, 0.5) is 5.82 Å². The van der Waals surface area contributed by atoms with Gasteiger partial charge in [-0.15, -0.1) is 0 Å². The third-order valence-electron chi connectivity index (χ3n) is 5.92. The van der Waals surface area contributed by atoms with Crippen LogP contribution in [0.1, 0.15) is 24.6 Å². The number of nitrogens with one attached hydrogen (secondary N) is 1. The van der Waals surface area contributed by atoms with Crippen molar-refractivity contribution in [1.82, 2.24) is 14.5 Å². The number of ether oxygens (including phenoxy) is 1. The van der Waals surface area contributed by atoms with Gasteiger partial charge in [0.2, 0.25) is 5.95 Å². The Balaban J connectivity index is 1.69. The molecular weight excluding hydrogens is 424 g/mol. The van der Waals surface area contributed by atoms with Gasteiger partial charge in [-0.1, -0.05) is 54.6 Å². The van der Waals surface area contributed by atoms with Crippen molar-refractivity contribution in [2.45, 2.75) is 26.3 Å². The van der Waals surface area contributed by atoms with Gasteiger partial charge in [0, 0.05) is 29.4 Å². The van der Waals surface area contributed by atoms with Crippen LogP contribution in [0.15, 0.2) is 78.9 Å². The Labute approximate surface area is 198 Å². The number of methoxy groups -OCH3 is 1. The number of nitrogens with zero attached hydrogens (tertiary/aromatic N) is 3. The van der Waals surface area contributed by atoms with Gasteiger partial charge in [-0.3, -0.25) is 4.57 Å². The van der Waals surface area contributed by atoms with Crippen LogP contribution >= 0.6 is 0 Å². The molecule has 0 spiro atoms. The number of fused-ring (bicyclic) bond motifs is 2. The number of carbonyl (C=O) groups excluding carboxylic acids is 1. The number of ketones is 1. The minimum Gasteiger partial charge on any atom is -0.494 e. The Morgan fingerprint density at radius 3 is 2.56 bits per heavy atom. The summed E-state index contributed by atoms with van der Waals surface area (Å²) in [5.74, 6) is 2.12. The zero-order valence-electron chi connectivity index (χ0n) is 19.3. The summed E-state index contributed by atoms with van der Waals surface area (Å²) in [5, 5.41) is 5.48. The average Bonchev–Trinajstić information content (AvgIpc) is 3.24. The molecule has 6 nitrogen and oxygen atoms in total. The predicted octanol–water partition coefficient (Wildman–Crippen LogP) is 5.72. The molecule has 0 radical (unpaired) electrons. The van der Waals surface area contributed by atoms with Gasteiger partial charge in [-0.2, -0.15) is 4.98 Å². The highest BCUT2D eigenvalue weighted by atomic mass is 16.5. The van der Waals surface area contributed by atoms with Crippen molar-refractivity contribution >= 4 is 33.4 Å². The molecule has 0 bridgehead atoms. The molecule has 2 heterocycles. The zero-order chi connectivity index (χ0) is 23.5. The fourth-order valence-corrected chi connectivity index (χ4v) is 4.23. The highest BCUT2D eigenvalue weighted by molar-refractivity contribution is 5.94. The molecule has 170 valence electrons. The summed E-state index contributed by atoms with van der Waals surface area (Å²) in [4.78, 5) is 21.7. The third kappa shape index (κ3) is 4.22. The molecule has 0 saturated heterocycles. The van der Waals surface area contributed by atoms with Crippen LogP contribution < -0.4 is 10.1 Å². The van der Waals surface area contributed by atoms with Gasteiger partial charge in [0.05, 0.1) is 12.6 Å². The van der Waals surface area contributed by atoms with E-state index in [-0.39, 0.29) is 5.78 Å². The number of hydrogen-bond acceptors (Lipinski definition) is 5. The maximum atomic E-state index is 11.7. The van der Waals surface area contributed by atoms with E-state index < -0.39 is 0 Å². The Kier molecular flexibility index (Phi) is 5.95. The minimum atomic E-state index is 0.156. The smallest absolute Gasteiger partial charge is 0.237 e. The van der Waals surface area contributed by atoms with E-state index in [4.69, 9.17) is 14.7 Å². The van der Waals surface area contributed by atoms with E-state index in [0.717, 1.165) is 38.9 Å². The van der Waals surface area contributed by atoms with Gasteiger partial charge >= 0.3 is 0 Å². The van der Waals surface area contributed by atoms with E-state index in [1.54, 1.807) is 14.0 Å². The molecular formula is C28H26N4O2. The molecule has 6 heteroatoms. The standard InChI is InChI=1S/C28H26N4O2/c1-19(33)15-16-22-17-21-11-6-7-13-24(21)32(22)28-30-26-23(12-8-14-25(26)34-2)27(31-28)29-18-20-9-4-3-5-10-20/h3-14,17H,15-16,18H2,1-2H3,(H,29,30,31). The number of aryl methyl sites for hydroxylation is 1. The largest absolute Gasteiger partial charge is 0.494 e. The third-order valence-corrected chi connectivity index (χ3v) is 5.92. The average molecular weight is 451 g/mol. The van der Waals surface area contributed by atoms with Crippen molar-refractivity contribution in [1.29, 1.82) is 0 Å². The zero-order valence-corrected chi connectivity index (χ0v) is 19.3. The summed E-state index contributed by atoms with van der Waals surface area (Å²) in [6.45, 7) is 2.25. The van der Waals surface area contributed by atoms with E-state index in [2.05, 4.69) is 40.2 Å². The second-order valence-electron chi connectivity index (χ2n) is 8.30. The van der Waals surface area contributed by atoms with Crippen molar-refractivity contribution in [3.8, 4) is 11.7 Å². The second-order valence-corrected chi connectivity index (χ2v) is 8.30. The maximum absolute atomic E-state index is 11.7. The van der Waals surface area contributed by atoms with Crippen LogP contribution in [0, 0.1) is 0 Å². The lowest BCUT2D eigenvalue weighted by Gasteiger charge is -2.15. The van der Waals surface area contributed by atoms with Gasteiger partial charge in [0.15, 0.2) is 0 Å². The second kappa shape index (κ2) is 9.35. The van der Waals surface area contributed by atoms with E-state index in [1.807, 2.05) is 48.5 Å². The maximum Gasteiger partial charge on any atom is 0.237 e. The van der Waals surface area contributed by atoms with E-state index >= 15 is 0 Å². The monoisotopic (exact) mass is 450 g/mol. The Bertz CT molecular complexity index is 1470. The van der Waals surface area contributed by atoms with Crippen LogP contribution in [-0.4, -0.2) is 27.4 Å². The van der Waals surface area contributed by atoms with Crippen molar-refractivity contribution in [2.75, 3.05) is 12.4 Å². The molecule has 5 aromatic rings. The lowest BCUT2D eigenvalue weighted by molar-refractivity contribution is -0.117. The Morgan fingerprint density at radius 2 is 1.76 bits per heavy atom. The van der Waals surface area contributed by atoms with Crippen LogP contribution in [0.25, 0.3) is 27.8 Å². The van der Waals surface area contributed by atoms with Crippen molar-refractivity contribution < 1.29 is 9.53 Å². The Morgan fingerprint density at radius 1 is 0.971 bits per heavy atom. The molecule has 0 aliphatic rings. The van der Waals surface area contributed by atoms with Crippen molar-refractivity contribution in [3.05, 3.63) is 90.1 Å². The van der Waals surface area contributed by atoms with E-state index in [0.29, 0.717) is 31.1 Å². The normalized spacial score (nSPS) is 11.1. The van der Waals surface area contributed by atoms with Crippen LogP contribution in [0.2, 0.25) is 0 Å². The number of aromatic nitrogens is 3. The van der Waals surface area contributed by atoms with Gasteiger partial charge in [-0.05, 0) is 43.2 Å². The van der Waals surface area contributed by atoms with E-state index in [1.165, 1.54) is 0 Å². The van der Waals surface area contributed by atoms with Crippen LogP contribution in [0.5, 0.6) is 5.75 Å². The number of rotatable bonds is 8. The Hall–Kier alpha value is -4.19. The summed E-state index contributed by atoms with van der Waals surface area (Å²) >= 11 is 0. The lowest BCUT2D eigenvalue weighted by atomic mass is 10.2. The molecule has 34 heavy (non-hydrogen) atoms. The fourth-order valence-electron chi connectivity index (χ4n) is 4.23. The van der Waals surface area contributed by atoms with Crippen LogP contribution in [0.3, 0.4) is 0 Å². The van der Waals surface area contributed by atoms with Gasteiger partial charge in [-0.25, -0.2) is 4.98 Å². The van der Waals surface area contributed by atoms with E-state index in [9.17, 15) is 4.79 Å². The number of para-hydroxylation sites is 2. The first-order valence-electron chi connectivity index (χ1n) is 11.4. The van der Waals surface area contributed by atoms with Gasteiger partial charge in [0.25, 0.3) is 0 Å². The number of carbonyl (C=O) groups is 1. The first-order chi connectivity index (χ1) is 16.6. The number of benzene rings is 3. The molecule has 3 aromatic carbocycles. The molecule has 0 atom stereocenters. The van der Waals surface area contributed by atoms with Crippen molar-refractivity contribution in [2.24, 2.45) is 0 Å². The highest BCUT2D eigenvalue weighted by Crippen LogP contribution is 2.31. The first kappa shape index (κ1) is 21.6. The molecule has 5 rings (SSSR count). The fraction of sp³-hybridized carbons (Fsp3) is 0.179.